The first-order chi connectivity index (χ1) is 29.0. The topological polar surface area (TPSA) is 78.9 Å². The van der Waals surface area contributed by atoms with E-state index in [2.05, 4.69) is 20.8 Å². The third-order valence-corrected chi connectivity index (χ3v) is 12.1. The molecule has 0 aliphatic rings. The maximum atomic E-state index is 12.8. The van der Waals surface area contributed by atoms with Gasteiger partial charge in [-0.25, -0.2) is 0 Å². The van der Waals surface area contributed by atoms with Gasteiger partial charge < -0.3 is 14.2 Å². The molecule has 0 aliphatic carbocycles. The van der Waals surface area contributed by atoms with Crippen molar-refractivity contribution in [3.8, 4) is 0 Å². The Balaban J connectivity index is 4.24. The number of ether oxygens (including phenoxy) is 3. The van der Waals surface area contributed by atoms with E-state index in [1.807, 2.05) is 0 Å². The number of rotatable bonds is 49. The molecule has 0 aliphatic heterocycles. The third-order valence-electron chi connectivity index (χ3n) is 12.1. The van der Waals surface area contributed by atoms with Crippen LogP contribution >= 0.6 is 0 Å². The summed E-state index contributed by atoms with van der Waals surface area (Å²) in [5.74, 6) is -0.841. The van der Waals surface area contributed by atoms with Gasteiger partial charge in [-0.05, 0) is 19.3 Å². The van der Waals surface area contributed by atoms with E-state index in [1.54, 1.807) is 0 Å². The third kappa shape index (κ3) is 47.3. The van der Waals surface area contributed by atoms with Crippen LogP contribution < -0.4 is 0 Å². The number of hydrogen-bond acceptors (Lipinski definition) is 6. The minimum atomic E-state index is -0.759. The van der Waals surface area contributed by atoms with Crippen LogP contribution in [0.1, 0.15) is 303 Å². The summed E-state index contributed by atoms with van der Waals surface area (Å²) >= 11 is 0. The van der Waals surface area contributed by atoms with Crippen LogP contribution in [0, 0.1) is 0 Å². The van der Waals surface area contributed by atoms with E-state index in [-0.39, 0.29) is 31.1 Å². The van der Waals surface area contributed by atoms with Crippen molar-refractivity contribution in [1.82, 2.24) is 0 Å². The predicted octanol–water partition coefficient (Wildman–Crippen LogP) is 17.2. The van der Waals surface area contributed by atoms with Crippen LogP contribution in [0.2, 0.25) is 0 Å². The molecule has 0 spiro atoms. The van der Waals surface area contributed by atoms with E-state index in [4.69, 9.17) is 14.2 Å². The highest BCUT2D eigenvalue weighted by molar-refractivity contribution is 5.71. The zero-order chi connectivity index (χ0) is 43.0. The summed E-state index contributed by atoms with van der Waals surface area (Å²) in [6, 6.07) is 0. The molecule has 0 aromatic heterocycles. The summed E-state index contributed by atoms with van der Waals surface area (Å²) in [5, 5.41) is 0. The van der Waals surface area contributed by atoms with Crippen molar-refractivity contribution in [3.63, 3.8) is 0 Å². The number of carbonyl (C=O) groups is 3. The molecule has 0 amide bonds. The van der Waals surface area contributed by atoms with Crippen LogP contribution in [0.25, 0.3) is 0 Å². The molecule has 0 bridgehead atoms. The first-order valence-electron chi connectivity index (χ1n) is 26.5. The second kappa shape index (κ2) is 49.1. The molecule has 1 atom stereocenters. The van der Waals surface area contributed by atoms with Crippen molar-refractivity contribution in [2.24, 2.45) is 0 Å². The number of hydrogen-bond donors (Lipinski definition) is 0. The average Bonchev–Trinajstić information content (AvgIpc) is 3.23. The molecule has 0 heterocycles. The minimum absolute atomic E-state index is 0.0617. The van der Waals surface area contributed by atoms with E-state index < -0.39 is 6.10 Å². The summed E-state index contributed by atoms with van der Waals surface area (Å²) in [4.78, 5) is 37.9. The molecule has 6 heteroatoms. The summed E-state index contributed by atoms with van der Waals surface area (Å²) in [5.41, 5.74) is 0. The molecular formula is C53H102O6. The molecule has 1 unspecified atom stereocenters. The van der Waals surface area contributed by atoms with Gasteiger partial charge in [0.15, 0.2) is 6.10 Å². The van der Waals surface area contributed by atoms with Crippen molar-refractivity contribution in [3.05, 3.63) is 0 Å². The normalized spacial score (nSPS) is 11.8. The van der Waals surface area contributed by atoms with Crippen LogP contribution in [-0.4, -0.2) is 37.2 Å². The maximum absolute atomic E-state index is 12.8. The second-order valence-corrected chi connectivity index (χ2v) is 18.2. The molecule has 0 radical (unpaired) electrons. The minimum Gasteiger partial charge on any atom is -0.462 e. The Bertz CT molecular complexity index is 874. The maximum Gasteiger partial charge on any atom is 0.306 e. The highest BCUT2D eigenvalue weighted by atomic mass is 16.6. The Morgan fingerprint density at radius 1 is 0.271 bits per heavy atom. The van der Waals surface area contributed by atoms with Crippen molar-refractivity contribution >= 4 is 17.9 Å². The van der Waals surface area contributed by atoms with Crippen LogP contribution in [0.15, 0.2) is 0 Å². The Morgan fingerprint density at radius 2 is 0.458 bits per heavy atom. The first kappa shape index (κ1) is 57.4. The zero-order valence-corrected chi connectivity index (χ0v) is 40.1. The van der Waals surface area contributed by atoms with Gasteiger partial charge in [-0.2, -0.15) is 0 Å². The highest BCUT2D eigenvalue weighted by Gasteiger charge is 2.19. The van der Waals surface area contributed by atoms with Crippen LogP contribution in [0.4, 0.5) is 0 Å². The van der Waals surface area contributed by atoms with Gasteiger partial charge in [-0.1, -0.05) is 265 Å². The lowest BCUT2D eigenvalue weighted by atomic mass is 10.0. The summed E-state index contributed by atoms with van der Waals surface area (Å²) in [6.45, 7) is 6.68. The lowest BCUT2D eigenvalue weighted by molar-refractivity contribution is -0.167. The first-order valence-corrected chi connectivity index (χ1v) is 26.5. The standard InChI is InChI=1S/C53H102O6/c1-4-7-10-13-16-19-22-24-25-26-27-28-29-32-34-37-40-43-46-52(55)58-49-50(48-57-51(54)45-42-39-36-33-30-21-18-15-12-9-6-3)59-53(56)47-44-41-38-35-31-23-20-17-14-11-8-5-2/h50H,4-49H2,1-3H3. The molecule has 0 aromatic rings. The lowest BCUT2D eigenvalue weighted by Crippen LogP contribution is -2.30. The number of unbranched alkanes of at least 4 members (excludes halogenated alkanes) is 38. The van der Waals surface area contributed by atoms with Crippen molar-refractivity contribution < 1.29 is 28.6 Å². The molecule has 6 nitrogen and oxygen atoms in total. The quantitative estimate of drug-likeness (QED) is 0.0345. The average molecular weight is 835 g/mol. The van der Waals surface area contributed by atoms with Gasteiger partial charge in [-0.3, -0.25) is 14.4 Å². The van der Waals surface area contributed by atoms with Gasteiger partial charge in [0.2, 0.25) is 0 Å². The fraction of sp³-hybridized carbons (Fsp3) is 0.943. The monoisotopic (exact) mass is 835 g/mol. The van der Waals surface area contributed by atoms with Gasteiger partial charge in [-0.15, -0.1) is 0 Å². The van der Waals surface area contributed by atoms with E-state index in [1.165, 1.54) is 205 Å². The Hall–Kier alpha value is -1.59. The summed E-state index contributed by atoms with van der Waals surface area (Å²) < 4.78 is 16.8. The smallest absolute Gasteiger partial charge is 0.306 e. The molecule has 0 N–H and O–H groups in total. The fourth-order valence-electron chi connectivity index (χ4n) is 8.09. The van der Waals surface area contributed by atoms with Crippen LogP contribution in [0.3, 0.4) is 0 Å². The molecular weight excluding hydrogens is 733 g/mol. The molecule has 59 heavy (non-hydrogen) atoms. The largest absolute Gasteiger partial charge is 0.462 e. The van der Waals surface area contributed by atoms with E-state index >= 15 is 0 Å². The van der Waals surface area contributed by atoms with Crippen molar-refractivity contribution in [2.75, 3.05) is 13.2 Å². The number of esters is 3. The lowest BCUT2D eigenvalue weighted by Gasteiger charge is -2.18. The van der Waals surface area contributed by atoms with Crippen molar-refractivity contribution in [1.29, 1.82) is 0 Å². The van der Waals surface area contributed by atoms with Gasteiger partial charge in [0.1, 0.15) is 13.2 Å². The Kier molecular flexibility index (Phi) is 47.7. The van der Waals surface area contributed by atoms with Gasteiger partial charge in [0.25, 0.3) is 0 Å². The summed E-state index contributed by atoms with van der Waals surface area (Å²) in [7, 11) is 0. The molecule has 0 saturated carbocycles. The van der Waals surface area contributed by atoms with E-state index in [9.17, 15) is 14.4 Å². The fourth-order valence-corrected chi connectivity index (χ4v) is 8.09. The van der Waals surface area contributed by atoms with Gasteiger partial charge in [0, 0.05) is 19.3 Å². The molecule has 350 valence electrons. The Morgan fingerprint density at radius 3 is 0.678 bits per heavy atom. The SMILES string of the molecule is CCCCCCCCCCCCCCCCCCCCC(=O)OCC(COC(=O)CCCCCCCCCCCCC)OC(=O)CCCCCCCCCCCCCC. The number of carbonyl (C=O) groups excluding carboxylic acids is 3. The predicted molar refractivity (Wildman–Crippen MR) is 252 cm³/mol. The van der Waals surface area contributed by atoms with E-state index in [0.717, 1.165) is 57.8 Å². The van der Waals surface area contributed by atoms with Crippen LogP contribution in [-0.2, 0) is 28.6 Å². The van der Waals surface area contributed by atoms with Gasteiger partial charge in [0.05, 0.1) is 0 Å². The highest BCUT2D eigenvalue weighted by Crippen LogP contribution is 2.17. The molecule has 0 fully saturated rings. The summed E-state index contributed by atoms with van der Waals surface area (Å²) in [6.07, 6.45) is 52.3. The second-order valence-electron chi connectivity index (χ2n) is 18.2. The van der Waals surface area contributed by atoms with Gasteiger partial charge >= 0.3 is 17.9 Å². The van der Waals surface area contributed by atoms with Crippen LogP contribution in [0.5, 0.6) is 0 Å². The molecule has 0 aromatic carbocycles. The molecule has 0 rings (SSSR count). The zero-order valence-electron chi connectivity index (χ0n) is 40.1. The van der Waals surface area contributed by atoms with E-state index in [0.29, 0.717) is 19.3 Å². The Labute approximate surface area is 368 Å². The van der Waals surface area contributed by atoms with Crippen molar-refractivity contribution in [2.45, 2.75) is 309 Å². The molecule has 0 saturated heterocycles.